The molecule has 1 saturated heterocycles. The van der Waals surface area contributed by atoms with Gasteiger partial charge in [-0.25, -0.2) is 0 Å². The van der Waals surface area contributed by atoms with E-state index in [-0.39, 0.29) is 49.1 Å². The Hall–Kier alpha value is -4.71. The van der Waals surface area contributed by atoms with Crippen LogP contribution in [0.2, 0.25) is 0 Å². The molecule has 0 saturated carbocycles. The summed E-state index contributed by atoms with van der Waals surface area (Å²) < 4.78 is 6.49. The maximum Gasteiger partial charge on any atom is 1.00 e. The summed E-state index contributed by atoms with van der Waals surface area (Å²) in [6.07, 6.45) is 4.29. The third-order valence-corrected chi connectivity index (χ3v) is 8.30. The van der Waals surface area contributed by atoms with Gasteiger partial charge < -0.3 is 16.8 Å². The Bertz CT molecular complexity index is 1910. The van der Waals surface area contributed by atoms with Gasteiger partial charge in [-0.1, -0.05) is 36.4 Å². The van der Waals surface area contributed by atoms with Gasteiger partial charge in [0.1, 0.15) is 11.4 Å². The summed E-state index contributed by atoms with van der Waals surface area (Å²) >= 11 is 0. The second kappa shape index (κ2) is 12.4. The fourth-order valence-corrected chi connectivity index (χ4v) is 5.95. The van der Waals surface area contributed by atoms with Crippen LogP contribution in [0.25, 0.3) is 33.6 Å². The van der Waals surface area contributed by atoms with Crippen molar-refractivity contribution in [3.05, 3.63) is 102 Å². The Morgan fingerprint density at radius 3 is 2.36 bits per heavy atom. The molecule has 2 amide bonds. The van der Waals surface area contributed by atoms with Crippen molar-refractivity contribution in [3.8, 4) is 39.4 Å². The van der Waals surface area contributed by atoms with Crippen molar-refractivity contribution < 1.29 is 50.1 Å². The summed E-state index contributed by atoms with van der Waals surface area (Å²) in [5, 5.41) is 14.4. The second-order valence-electron chi connectivity index (χ2n) is 11.1. The molecule has 45 heavy (non-hydrogen) atoms. The van der Waals surface area contributed by atoms with Gasteiger partial charge in [-0.15, -0.1) is 10.2 Å². The first-order valence-corrected chi connectivity index (χ1v) is 14.2. The monoisotopic (exact) mass is 609 g/mol. The molecule has 1 fully saturated rings. The Kier molecular flexibility index (Phi) is 8.32. The summed E-state index contributed by atoms with van der Waals surface area (Å²) in [6.45, 7) is 0.885. The second-order valence-corrected chi connectivity index (χ2v) is 11.1. The molecule has 2 aliphatic rings. The number of ketones is 1. The van der Waals surface area contributed by atoms with Crippen LogP contribution in [0.4, 0.5) is 0 Å². The quantitative estimate of drug-likeness (QED) is 0.284. The van der Waals surface area contributed by atoms with Crippen LogP contribution in [0.1, 0.15) is 51.8 Å². The van der Waals surface area contributed by atoms with Gasteiger partial charge in [-0.2, -0.15) is 5.21 Å². The minimum atomic E-state index is -0.683. The van der Waals surface area contributed by atoms with Gasteiger partial charge in [0.15, 0.2) is 5.78 Å². The third kappa shape index (κ3) is 6.02. The van der Waals surface area contributed by atoms with Gasteiger partial charge in [0.05, 0.1) is 17.5 Å². The van der Waals surface area contributed by atoms with Gasteiger partial charge in [0, 0.05) is 55.0 Å². The summed E-state index contributed by atoms with van der Waals surface area (Å²) in [5.74, 6) is 0.222. The van der Waals surface area contributed by atoms with Crippen molar-refractivity contribution in [2.45, 2.75) is 24.9 Å². The number of hydrogen-bond acceptors (Lipinski definition) is 8. The number of hydrogen-bond donors (Lipinski definition) is 2. The summed E-state index contributed by atoms with van der Waals surface area (Å²) in [7, 11) is 0. The van der Waals surface area contributed by atoms with E-state index in [4.69, 9.17) is 10.5 Å². The van der Waals surface area contributed by atoms with E-state index in [0.29, 0.717) is 65.3 Å². The number of nitrogens with one attached hydrogen (secondary N) is 1. The summed E-state index contributed by atoms with van der Waals surface area (Å²) in [5.41, 5.74) is 9.98. The molecule has 220 valence electrons. The molecule has 3 aromatic carbocycles. The van der Waals surface area contributed by atoms with Crippen molar-refractivity contribution in [1.82, 2.24) is 30.5 Å². The van der Waals surface area contributed by atoms with Crippen LogP contribution in [0.3, 0.4) is 0 Å². The summed E-state index contributed by atoms with van der Waals surface area (Å²) in [4.78, 5) is 44.7. The molecule has 12 heteroatoms. The number of amides is 2. The molecule has 11 nitrogen and oxygen atoms in total. The molecular weight excluding hydrogens is 581 g/mol. The van der Waals surface area contributed by atoms with Gasteiger partial charge in [0.25, 0.3) is 5.91 Å². The molecule has 0 bridgehead atoms. The molecule has 4 heterocycles. The van der Waals surface area contributed by atoms with Crippen molar-refractivity contribution >= 4 is 17.6 Å². The molecule has 0 aliphatic carbocycles. The first-order valence-electron chi connectivity index (χ1n) is 14.2. The fourth-order valence-electron chi connectivity index (χ4n) is 5.95. The maximum atomic E-state index is 13.8. The van der Waals surface area contributed by atoms with Gasteiger partial charge in [0.2, 0.25) is 11.7 Å². The number of carbonyl (C=O) groups excluding carboxylic acids is 3. The number of primary amides is 1. The molecule has 7 rings (SSSR count). The van der Waals surface area contributed by atoms with E-state index in [1.54, 1.807) is 35.4 Å². The number of piperidine rings is 1. The SMILES string of the molecule is NC(=O)c1cncc(-c2ccc3c(c2)C(=O)CC2(CCN(C(=O)c4cc(-c5ccccc5)cc(-c5nn[nH]n5)c4)CC2)O3)c1.[H-].[Na+]. The Labute approximate surface area is 282 Å². The predicted molar refractivity (Wildman–Crippen MR) is 162 cm³/mol. The van der Waals surface area contributed by atoms with Crippen molar-refractivity contribution in [3.63, 3.8) is 0 Å². The predicted octanol–water partition coefficient (Wildman–Crippen LogP) is 1.45. The number of aromatic nitrogens is 5. The number of Topliss-reactive ketones (excluding diaryl/α,β-unsaturated/α-hetero) is 1. The largest absolute Gasteiger partial charge is 1.00 e. The molecule has 3 N–H and O–H groups in total. The number of ether oxygens (including phenoxy) is 1. The normalized spacial score (nSPS) is 15.1. The number of carbonyl (C=O) groups is 3. The van der Waals surface area contributed by atoms with E-state index in [1.165, 1.54) is 6.20 Å². The average Bonchev–Trinajstić information content (AvgIpc) is 3.60. The van der Waals surface area contributed by atoms with Crippen molar-refractivity contribution in [2.24, 2.45) is 5.73 Å². The zero-order valence-electron chi connectivity index (χ0n) is 25.6. The van der Waals surface area contributed by atoms with Crippen LogP contribution < -0.4 is 40.0 Å². The topological polar surface area (TPSA) is 157 Å². The Balaban J connectivity index is 0.00000208. The van der Waals surface area contributed by atoms with Crippen LogP contribution in [0, 0.1) is 0 Å². The number of benzene rings is 3. The number of aromatic amines is 1. The number of nitrogens with two attached hydrogens (primary N) is 1. The molecule has 0 radical (unpaired) electrons. The number of tetrazole rings is 1. The molecule has 2 aromatic heterocycles. The Morgan fingerprint density at radius 2 is 1.62 bits per heavy atom. The molecule has 1 spiro atoms. The third-order valence-electron chi connectivity index (χ3n) is 8.30. The molecule has 0 unspecified atom stereocenters. The van der Waals surface area contributed by atoms with E-state index in [2.05, 4.69) is 25.6 Å². The van der Waals surface area contributed by atoms with Crippen molar-refractivity contribution in [2.75, 3.05) is 13.1 Å². The number of likely N-dealkylation sites (tertiary alicyclic amines) is 1. The number of fused-ring (bicyclic) bond motifs is 1. The van der Waals surface area contributed by atoms with E-state index < -0.39 is 11.5 Å². The molecule has 2 aliphatic heterocycles. The van der Waals surface area contributed by atoms with E-state index in [0.717, 1.165) is 16.7 Å². The zero-order chi connectivity index (χ0) is 30.3. The maximum absolute atomic E-state index is 13.8. The van der Waals surface area contributed by atoms with Crippen LogP contribution in [0.5, 0.6) is 5.75 Å². The van der Waals surface area contributed by atoms with Crippen LogP contribution in [0.15, 0.2) is 85.2 Å². The zero-order valence-corrected chi connectivity index (χ0v) is 26.6. The van der Waals surface area contributed by atoms with Gasteiger partial charge in [-0.05, 0) is 58.3 Å². The summed E-state index contributed by atoms with van der Waals surface area (Å²) in [6, 6.07) is 22.5. The first-order chi connectivity index (χ1) is 21.4. The number of nitrogens with zero attached hydrogens (tertiary/aromatic N) is 5. The molecular formula is C33H28N7NaO4. The van der Waals surface area contributed by atoms with E-state index in [1.807, 2.05) is 48.5 Å². The first kappa shape index (κ1) is 30.3. The standard InChI is InChI=1S/C33H27N7O4.Na.H/c34-30(42)26-15-25(18-35-19-26)21-6-7-29-27(16-21)28(41)17-33(44-29)8-10-40(11-9-33)32(43)24-13-22(20-4-2-1-3-5-20)12-23(14-24)31-36-38-39-37-31;;/h1-7,12-16,18-19H,8-11,17H2,(H2,34,42)(H,36,37,38,39);;/q;+1;-1. The average molecular weight is 610 g/mol. The minimum absolute atomic E-state index is 0. The van der Waals surface area contributed by atoms with E-state index in [9.17, 15) is 14.4 Å². The molecule has 5 aromatic rings. The van der Waals surface area contributed by atoms with Gasteiger partial charge in [-0.3, -0.25) is 19.4 Å². The minimum Gasteiger partial charge on any atom is -1.00 e. The Morgan fingerprint density at radius 1 is 0.867 bits per heavy atom. The van der Waals surface area contributed by atoms with Crippen LogP contribution in [-0.4, -0.2) is 66.8 Å². The smallest absolute Gasteiger partial charge is 1.00 e. The van der Waals surface area contributed by atoms with Crippen LogP contribution in [-0.2, 0) is 0 Å². The van der Waals surface area contributed by atoms with Crippen molar-refractivity contribution in [1.29, 1.82) is 0 Å². The number of pyridine rings is 1. The number of rotatable bonds is 5. The van der Waals surface area contributed by atoms with Gasteiger partial charge >= 0.3 is 29.6 Å². The van der Waals surface area contributed by atoms with Crippen LogP contribution >= 0.6 is 0 Å². The molecule has 0 atom stereocenters. The number of H-pyrrole nitrogens is 1. The fraction of sp³-hybridized carbons (Fsp3) is 0.182. The van der Waals surface area contributed by atoms with E-state index >= 15 is 0 Å².